The topological polar surface area (TPSA) is 46.9 Å². The predicted octanol–water partition coefficient (Wildman–Crippen LogP) is 6.82. The fourth-order valence-electron chi connectivity index (χ4n) is 4.31. The van der Waals surface area contributed by atoms with Crippen LogP contribution < -0.4 is 5.32 Å². The van der Waals surface area contributed by atoms with Crippen LogP contribution in [0.25, 0.3) is 22.6 Å². The molecule has 4 heteroatoms. The number of carbonyl (C=O) groups excluding carboxylic acids is 1. The van der Waals surface area contributed by atoms with E-state index in [0.717, 1.165) is 46.6 Å². The zero-order chi connectivity index (χ0) is 23.2. The third-order valence-corrected chi connectivity index (χ3v) is 5.91. The normalized spacial score (nSPS) is 11.8. The Morgan fingerprint density at radius 1 is 0.909 bits per heavy atom. The van der Waals surface area contributed by atoms with Crippen LogP contribution in [0.4, 0.5) is 0 Å². The Labute approximate surface area is 196 Å². The highest BCUT2D eigenvalue weighted by Crippen LogP contribution is 2.31. The molecule has 1 amide bonds. The lowest BCUT2D eigenvalue weighted by molar-refractivity contribution is 0.0926. The van der Waals surface area contributed by atoms with Crippen molar-refractivity contribution in [1.82, 2.24) is 14.9 Å². The molecule has 4 nitrogen and oxygen atoms in total. The molecule has 0 aliphatic rings. The number of nitrogens with zero attached hydrogens (tertiary/aromatic N) is 2. The molecule has 168 valence electrons. The maximum atomic E-state index is 13.8. The lowest BCUT2D eigenvalue weighted by Crippen LogP contribution is -2.30. The molecule has 0 bridgehead atoms. The van der Waals surface area contributed by atoms with E-state index >= 15 is 0 Å². The van der Waals surface area contributed by atoms with Gasteiger partial charge in [-0.1, -0.05) is 97.8 Å². The van der Waals surface area contributed by atoms with Crippen molar-refractivity contribution in [3.05, 3.63) is 102 Å². The fourth-order valence-corrected chi connectivity index (χ4v) is 4.31. The number of benzene rings is 3. The molecule has 4 rings (SSSR count). The number of nitrogens with one attached hydrogen (secondary N) is 1. The summed E-state index contributed by atoms with van der Waals surface area (Å²) in [6.45, 7) is 6.91. The van der Waals surface area contributed by atoms with E-state index in [4.69, 9.17) is 4.98 Å². The average molecular weight is 438 g/mol. The number of aryl methyl sites for hydroxylation is 1. The molecule has 1 unspecified atom stereocenters. The minimum Gasteiger partial charge on any atom is -0.344 e. The lowest BCUT2D eigenvalue weighted by Gasteiger charge is -2.20. The van der Waals surface area contributed by atoms with E-state index in [2.05, 4.69) is 50.4 Å². The van der Waals surface area contributed by atoms with Gasteiger partial charge in [0.1, 0.15) is 17.2 Å². The summed E-state index contributed by atoms with van der Waals surface area (Å²) in [5, 5.41) is 3.32. The maximum absolute atomic E-state index is 13.8. The first-order valence-corrected chi connectivity index (χ1v) is 11.7. The minimum atomic E-state index is -0.0923. The number of rotatable bonds is 8. The SMILES string of the molecule is CCCC(NC(=O)c1c(-c2cccc(C)c2)nc(-c2ccccc2)n1CC)c1ccccc1. The van der Waals surface area contributed by atoms with Crippen molar-refractivity contribution in [2.24, 2.45) is 0 Å². The van der Waals surface area contributed by atoms with E-state index in [1.54, 1.807) is 0 Å². The Kier molecular flexibility index (Phi) is 7.04. The lowest BCUT2D eigenvalue weighted by atomic mass is 10.0. The summed E-state index contributed by atoms with van der Waals surface area (Å²) in [5.41, 5.74) is 5.55. The number of hydrogen-bond acceptors (Lipinski definition) is 2. The molecule has 0 saturated heterocycles. The summed E-state index contributed by atoms with van der Waals surface area (Å²) < 4.78 is 2.04. The molecule has 1 aromatic heterocycles. The number of hydrogen-bond donors (Lipinski definition) is 1. The molecular formula is C29H31N3O. The number of amides is 1. The molecule has 0 radical (unpaired) electrons. The first-order valence-electron chi connectivity index (χ1n) is 11.7. The second-order valence-electron chi connectivity index (χ2n) is 8.34. The van der Waals surface area contributed by atoms with Crippen LogP contribution in [0.3, 0.4) is 0 Å². The van der Waals surface area contributed by atoms with Crippen LogP contribution in [-0.2, 0) is 6.54 Å². The molecule has 0 aliphatic heterocycles. The van der Waals surface area contributed by atoms with Crippen molar-refractivity contribution < 1.29 is 4.79 Å². The van der Waals surface area contributed by atoms with Gasteiger partial charge in [-0.25, -0.2) is 4.98 Å². The molecular weight excluding hydrogens is 406 g/mol. The Morgan fingerprint density at radius 3 is 2.21 bits per heavy atom. The first kappa shape index (κ1) is 22.5. The summed E-state index contributed by atoms with van der Waals surface area (Å²) in [6, 6.07) is 28.4. The molecule has 33 heavy (non-hydrogen) atoms. The number of carbonyl (C=O) groups is 1. The number of imidazole rings is 1. The van der Waals surface area contributed by atoms with Gasteiger partial charge >= 0.3 is 0 Å². The van der Waals surface area contributed by atoms with E-state index < -0.39 is 0 Å². The molecule has 1 atom stereocenters. The van der Waals surface area contributed by atoms with Crippen molar-refractivity contribution in [1.29, 1.82) is 0 Å². The quantitative estimate of drug-likeness (QED) is 0.329. The monoisotopic (exact) mass is 437 g/mol. The first-order chi connectivity index (χ1) is 16.1. The van der Waals surface area contributed by atoms with Crippen LogP contribution >= 0.6 is 0 Å². The van der Waals surface area contributed by atoms with E-state index in [9.17, 15) is 4.79 Å². The Balaban J connectivity index is 1.83. The molecule has 0 saturated carbocycles. The average Bonchev–Trinajstić information content (AvgIpc) is 3.25. The van der Waals surface area contributed by atoms with Crippen molar-refractivity contribution >= 4 is 5.91 Å². The van der Waals surface area contributed by atoms with Crippen molar-refractivity contribution in [2.75, 3.05) is 0 Å². The highest BCUT2D eigenvalue weighted by Gasteiger charge is 2.26. The zero-order valence-electron chi connectivity index (χ0n) is 19.6. The third-order valence-electron chi connectivity index (χ3n) is 5.91. The highest BCUT2D eigenvalue weighted by atomic mass is 16.2. The second kappa shape index (κ2) is 10.3. The van der Waals surface area contributed by atoms with Crippen LogP contribution in [0.5, 0.6) is 0 Å². The summed E-state index contributed by atoms with van der Waals surface area (Å²) in [6.07, 6.45) is 1.86. The molecule has 3 aromatic carbocycles. The number of aromatic nitrogens is 2. The summed E-state index contributed by atoms with van der Waals surface area (Å²) in [4.78, 5) is 18.8. The van der Waals surface area contributed by atoms with E-state index in [1.807, 2.05) is 65.2 Å². The van der Waals surface area contributed by atoms with Gasteiger partial charge in [-0.05, 0) is 31.9 Å². The van der Waals surface area contributed by atoms with Crippen molar-refractivity contribution in [3.8, 4) is 22.6 Å². The predicted molar refractivity (Wildman–Crippen MR) is 135 cm³/mol. The fraction of sp³-hybridized carbons (Fsp3) is 0.241. The Hall–Kier alpha value is -3.66. The van der Waals surface area contributed by atoms with E-state index in [-0.39, 0.29) is 11.9 Å². The molecule has 4 aromatic rings. The van der Waals surface area contributed by atoms with Gasteiger partial charge in [-0.15, -0.1) is 0 Å². The van der Waals surface area contributed by atoms with Crippen LogP contribution in [-0.4, -0.2) is 15.5 Å². The summed E-state index contributed by atoms with van der Waals surface area (Å²) >= 11 is 0. The van der Waals surface area contributed by atoms with E-state index in [1.165, 1.54) is 0 Å². The van der Waals surface area contributed by atoms with Gasteiger partial charge in [0.05, 0.1) is 6.04 Å². The summed E-state index contributed by atoms with van der Waals surface area (Å²) in [7, 11) is 0. The van der Waals surface area contributed by atoms with Gasteiger partial charge in [-0.2, -0.15) is 0 Å². The molecule has 1 heterocycles. The van der Waals surface area contributed by atoms with Crippen LogP contribution in [0.1, 0.15) is 54.3 Å². The minimum absolute atomic E-state index is 0.0468. The second-order valence-corrected chi connectivity index (χ2v) is 8.34. The van der Waals surface area contributed by atoms with Crippen molar-refractivity contribution in [2.45, 2.75) is 46.2 Å². The van der Waals surface area contributed by atoms with Gasteiger partial charge in [0, 0.05) is 17.7 Å². The van der Waals surface area contributed by atoms with Crippen LogP contribution in [0, 0.1) is 6.92 Å². The van der Waals surface area contributed by atoms with Crippen molar-refractivity contribution in [3.63, 3.8) is 0 Å². The largest absolute Gasteiger partial charge is 0.344 e. The Bertz CT molecular complexity index is 1210. The molecule has 0 spiro atoms. The highest BCUT2D eigenvalue weighted by molar-refractivity contribution is 5.99. The van der Waals surface area contributed by atoms with Crippen LogP contribution in [0.2, 0.25) is 0 Å². The van der Waals surface area contributed by atoms with Crippen LogP contribution in [0.15, 0.2) is 84.9 Å². The van der Waals surface area contributed by atoms with Gasteiger partial charge in [0.2, 0.25) is 0 Å². The van der Waals surface area contributed by atoms with Gasteiger partial charge in [-0.3, -0.25) is 4.79 Å². The standard InChI is InChI=1S/C29H31N3O/c1-4-13-25(22-15-8-6-9-16-22)30-29(33)27-26(24-19-12-14-21(3)20-24)31-28(32(27)5-2)23-17-10-7-11-18-23/h6-12,14-20,25H,4-5,13H2,1-3H3,(H,30,33). The zero-order valence-corrected chi connectivity index (χ0v) is 19.6. The Morgan fingerprint density at radius 2 is 1.58 bits per heavy atom. The maximum Gasteiger partial charge on any atom is 0.270 e. The smallest absolute Gasteiger partial charge is 0.270 e. The molecule has 0 aliphatic carbocycles. The summed E-state index contributed by atoms with van der Waals surface area (Å²) in [5.74, 6) is 0.719. The molecule has 1 N–H and O–H groups in total. The molecule has 0 fully saturated rings. The third kappa shape index (κ3) is 4.90. The van der Waals surface area contributed by atoms with Gasteiger partial charge < -0.3 is 9.88 Å². The van der Waals surface area contributed by atoms with Gasteiger partial charge in [0.15, 0.2) is 0 Å². The van der Waals surface area contributed by atoms with Gasteiger partial charge in [0.25, 0.3) is 5.91 Å². The van der Waals surface area contributed by atoms with E-state index in [0.29, 0.717) is 12.2 Å².